The van der Waals surface area contributed by atoms with Crippen LogP contribution in [0.15, 0.2) is 0 Å². The Bertz CT molecular complexity index is 510. The largest absolute Gasteiger partial charge is 0.480 e. The van der Waals surface area contributed by atoms with Crippen molar-refractivity contribution in [2.45, 2.75) is 31.5 Å². The van der Waals surface area contributed by atoms with Crippen molar-refractivity contribution in [3.05, 3.63) is 0 Å². The molecule has 0 radical (unpaired) electrons. The number of aliphatic carboxylic acids is 1. The first-order chi connectivity index (χ1) is 11.1. The van der Waals surface area contributed by atoms with Gasteiger partial charge in [0.25, 0.3) is 0 Å². The van der Waals surface area contributed by atoms with E-state index in [1.165, 1.54) is 6.92 Å². The first-order valence-electron chi connectivity index (χ1n) is 6.83. The van der Waals surface area contributed by atoms with Crippen molar-refractivity contribution < 1.29 is 34.2 Å². The molecule has 3 unspecified atom stereocenters. The van der Waals surface area contributed by atoms with Gasteiger partial charge in [0, 0.05) is 0 Å². The third-order valence-electron chi connectivity index (χ3n) is 2.75. The minimum absolute atomic E-state index is 0.576. The molecule has 0 aromatic rings. The SMILES string of the molecule is CC(NC(=O)C(N)CO)C(=O)NCC(=O)NC(CC(N)=O)C(=O)O. The van der Waals surface area contributed by atoms with Crippen LogP contribution in [0.25, 0.3) is 0 Å². The van der Waals surface area contributed by atoms with Crippen molar-refractivity contribution in [2.24, 2.45) is 11.5 Å². The number of rotatable bonds is 10. The van der Waals surface area contributed by atoms with E-state index in [-0.39, 0.29) is 0 Å². The molecule has 0 aliphatic carbocycles. The number of carbonyl (C=O) groups excluding carboxylic acids is 4. The number of nitrogens with one attached hydrogen (secondary N) is 3. The Kier molecular flexibility index (Phi) is 8.97. The molecule has 0 aromatic carbocycles. The summed E-state index contributed by atoms with van der Waals surface area (Å²) in [4.78, 5) is 56.2. The van der Waals surface area contributed by atoms with E-state index in [2.05, 4.69) is 10.6 Å². The van der Waals surface area contributed by atoms with Crippen molar-refractivity contribution in [3.63, 3.8) is 0 Å². The second-order valence-electron chi connectivity index (χ2n) is 4.87. The summed E-state index contributed by atoms with van der Waals surface area (Å²) in [6.07, 6.45) is -0.597. The van der Waals surface area contributed by atoms with E-state index in [0.29, 0.717) is 0 Å². The number of amides is 4. The van der Waals surface area contributed by atoms with Gasteiger partial charge in [0.05, 0.1) is 19.6 Å². The molecule has 0 aliphatic heterocycles. The summed E-state index contributed by atoms with van der Waals surface area (Å²) in [5.74, 6) is -4.71. The molecule has 0 heterocycles. The highest BCUT2D eigenvalue weighted by Crippen LogP contribution is 1.92. The normalized spacial score (nSPS) is 14.0. The fraction of sp³-hybridized carbons (Fsp3) is 0.583. The van der Waals surface area contributed by atoms with Gasteiger partial charge in [0.2, 0.25) is 23.6 Å². The molecule has 4 amide bonds. The van der Waals surface area contributed by atoms with Crippen molar-refractivity contribution in [1.82, 2.24) is 16.0 Å². The van der Waals surface area contributed by atoms with Crippen LogP contribution in [0.2, 0.25) is 0 Å². The van der Waals surface area contributed by atoms with Gasteiger partial charge in [-0.05, 0) is 6.92 Å². The van der Waals surface area contributed by atoms with E-state index < -0.39 is 67.3 Å². The Hall–Kier alpha value is -2.73. The highest BCUT2D eigenvalue weighted by Gasteiger charge is 2.23. The molecular formula is C12H21N5O7. The molecule has 0 aliphatic rings. The fourth-order valence-corrected chi connectivity index (χ4v) is 1.44. The molecule has 12 heteroatoms. The lowest BCUT2D eigenvalue weighted by Crippen LogP contribution is -2.53. The van der Waals surface area contributed by atoms with Gasteiger partial charge in [0.15, 0.2) is 0 Å². The Labute approximate surface area is 136 Å². The van der Waals surface area contributed by atoms with Gasteiger partial charge in [-0.25, -0.2) is 4.79 Å². The lowest BCUT2D eigenvalue weighted by molar-refractivity contribution is -0.143. The zero-order chi connectivity index (χ0) is 18.9. The molecule has 9 N–H and O–H groups in total. The van der Waals surface area contributed by atoms with Gasteiger partial charge >= 0.3 is 5.97 Å². The van der Waals surface area contributed by atoms with Gasteiger partial charge in [-0.1, -0.05) is 0 Å². The van der Waals surface area contributed by atoms with Crippen LogP contribution < -0.4 is 27.4 Å². The summed E-state index contributed by atoms with van der Waals surface area (Å²) in [5, 5.41) is 23.9. The van der Waals surface area contributed by atoms with Gasteiger partial charge < -0.3 is 37.6 Å². The number of carbonyl (C=O) groups is 5. The van der Waals surface area contributed by atoms with Crippen molar-refractivity contribution in [2.75, 3.05) is 13.2 Å². The molecule has 3 atom stereocenters. The van der Waals surface area contributed by atoms with Crippen LogP contribution >= 0.6 is 0 Å². The summed E-state index contributed by atoms with van der Waals surface area (Å²) in [6, 6.07) is -3.73. The maximum Gasteiger partial charge on any atom is 0.326 e. The van der Waals surface area contributed by atoms with Crippen LogP contribution in [-0.4, -0.2) is 71.1 Å². The maximum absolute atomic E-state index is 11.7. The molecule has 0 aromatic heterocycles. The topological polar surface area (TPSA) is 214 Å². The van der Waals surface area contributed by atoms with Crippen LogP contribution in [0.1, 0.15) is 13.3 Å². The Morgan fingerprint density at radius 3 is 2.12 bits per heavy atom. The number of aliphatic hydroxyl groups is 1. The minimum Gasteiger partial charge on any atom is -0.480 e. The van der Waals surface area contributed by atoms with Crippen molar-refractivity contribution >= 4 is 29.6 Å². The third-order valence-corrected chi connectivity index (χ3v) is 2.75. The van der Waals surface area contributed by atoms with E-state index >= 15 is 0 Å². The quantitative estimate of drug-likeness (QED) is 0.203. The lowest BCUT2D eigenvalue weighted by atomic mass is 10.2. The van der Waals surface area contributed by atoms with E-state index in [1.54, 1.807) is 0 Å². The van der Waals surface area contributed by atoms with Crippen molar-refractivity contribution in [1.29, 1.82) is 0 Å². The Morgan fingerprint density at radius 1 is 1.08 bits per heavy atom. The average Bonchev–Trinajstić information content (AvgIpc) is 2.50. The van der Waals surface area contributed by atoms with Gasteiger partial charge in [-0.2, -0.15) is 0 Å². The Balaban J connectivity index is 4.38. The molecule has 0 saturated carbocycles. The number of hydrogen-bond donors (Lipinski definition) is 7. The Morgan fingerprint density at radius 2 is 1.67 bits per heavy atom. The summed E-state index contributed by atoms with van der Waals surface area (Å²) < 4.78 is 0. The van der Waals surface area contributed by atoms with Crippen molar-refractivity contribution in [3.8, 4) is 0 Å². The predicted octanol–water partition coefficient (Wildman–Crippen LogP) is -4.63. The molecule has 0 spiro atoms. The number of primary amides is 1. The number of hydrogen-bond acceptors (Lipinski definition) is 7. The van der Waals surface area contributed by atoms with E-state index in [4.69, 9.17) is 21.7 Å². The van der Waals surface area contributed by atoms with Crippen LogP contribution in [-0.2, 0) is 24.0 Å². The predicted molar refractivity (Wildman–Crippen MR) is 79.1 cm³/mol. The lowest BCUT2D eigenvalue weighted by Gasteiger charge is -2.17. The third kappa shape index (κ3) is 8.05. The zero-order valence-corrected chi connectivity index (χ0v) is 12.9. The van der Waals surface area contributed by atoms with E-state index in [9.17, 15) is 24.0 Å². The monoisotopic (exact) mass is 347 g/mol. The first-order valence-corrected chi connectivity index (χ1v) is 6.83. The van der Waals surface area contributed by atoms with Gasteiger partial charge in [-0.15, -0.1) is 0 Å². The average molecular weight is 347 g/mol. The van der Waals surface area contributed by atoms with Crippen LogP contribution in [0.4, 0.5) is 0 Å². The zero-order valence-electron chi connectivity index (χ0n) is 12.9. The van der Waals surface area contributed by atoms with E-state index in [1.807, 2.05) is 5.32 Å². The smallest absolute Gasteiger partial charge is 0.326 e. The maximum atomic E-state index is 11.7. The molecule has 12 nitrogen and oxygen atoms in total. The van der Waals surface area contributed by atoms with Crippen LogP contribution in [0, 0.1) is 0 Å². The molecular weight excluding hydrogens is 326 g/mol. The second-order valence-corrected chi connectivity index (χ2v) is 4.87. The molecule has 0 bridgehead atoms. The number of aliphatic hydroxyl groups excluding tert-OH is 1. The number of carboxylic acid groups (broad SMARTS) is 1. The highest BCUT2D eigenvalue weighted by molar-refractivity contribution is 5.93. The summed E-state index contributed by atoms with van der Waals surface area (Å²) in [7, 11) is 0. The molecule has 0 fully saturated rings. The van der Waals surface area contributed by atoms with E-state index in [0.717, 1.165) is 0 Å². The first kappa shape index (κ1) is 21.3. The van der Waals surface area contributed by atoms with Gasteiger partial charge in [-0.3, -0.25) is 19.2 Å². The highest BCUT2D eigenvalue weighted by atomic mass is 16.4. The number of carboxylic acids is 1. The molecule has 136 valence electrons. The fourth-order valence-electron chi connectivity index (χ4n) is 1.44. The number of nitrogens with two attached hydrogens (primary N) is 2. The van der Waals surface area contributed by atoms with Crippen LogP contribution in [0.5, 0.6) is 0 Å². The molecule has 0 saturated heterocycles. The molecule has 0 rings (SSSR count). The summed E-state index contributed by atoms with van der Waals surface area (Å²) in [6.45, 7) is 0.148. The minimum atomic E-state index is -1.51. The second kappa shape index (κ2) is 10.1. The standard InChI is InChI=1S/C12H21N5O7/c1-5(16-11(22)6(13)4-18)10(21)15-3-9(20)17-7(12(23)24)2-8(14)19/h5-7,18H,2-4,13H2,1H3,(H2,14,19)(H,15,21)(H,16,22)(H,17,20)(H,23,24). The summed E-state index contributed by atoms with van der Waals surface area (Å²) >= 11 is 0. The summed E-state index contributed by atoms with van der Waals surface area (Å²) in [5.41, 5.74) is 10.1. The van der Waals surface area contributed by atoms with Gasteiger partial charge in [0.1, 0.15) is 18.1 Å². The molecule has 24 heavy (non-hydrogen) atoms. The van der Waals surface area contributed by atoms with Crippen LogP contribution in [0.3, 0.4) is 0 Å².